The molecular formula is C22H34N2O3. The Bertz CT molecular complexity index is 556. The molecule has 5 heteroatoms. The van der Waals surface area contributed by atoms with Crippen LogP contribution in [0, 0.1) is 0 Å². The molecule has 1 aromatic rings. The lowest BCUT2D eigenvalue weighted by Crippen LogP contribution is -2.42. The van der Waals surface area contributed by atoms with Crippen molar-refractivity contribution in [2.75, 3.05) is 33.8 Å². The average Bonchev–Trinajstić information content (AvgIpc) is 2.68. The van der Waals surface area contributed by atoms with Gasteiger partial charge in [-0.15, -0.1) is 6.58 Å². The van der Waals surface area contributed by atoms with Gasteiger partial charge >= 0.3 is 6.09 Å². The largest absolute Gasteiger partial charge is 0.415 e. The number of amides is 1. The number of carbonyl (C=O) groups excluding carboxylic acids is 1. The molecule has 0 spiro atoms. The number of carbonyl (C=O) groups is 1. The summed E-state index contributed by atoms with van der Waals surface area (Å²) in [5.41, 5.74) is 0. The van der Waals surface area contributed by atoms with E-state index in [4.69, 9.17) is 9.47 Å². The highest BCUT2D eigenvalue weighted by Crippen LogP contribution is 2.25. The Morgan fingerprint density at radius 2 is 1.85 bits per heavy atom. The monoisotopic (exact) mass is 374 g/mol. The van der Waals surface area contributed by atoms with Crippen molar-refractivity contribution in [1.29, 1.82) is 0 Å². The first-order valence-electron chi connectivity index (χ1n) is 10.0. The standard InChI is InChI=1S/C22H34N2O3/c1-4-16-23(2)17-8-9-18-26-20-14-12-19(13-15-20)24(3)22(25)27-21-10-6-5-7-11-21/h4-7,10-11,19-20H,1,8-9,12-18H2,2-3H3. The number of likely N-dealkylation sites (N-methyl/N-ethyl adjacent to an activating group) is 1. The summed E-state index contributed by atoms with van der Waals surface area (Å²) in [5.74, 6) is 0.588. The molecule has 1 aromatic carbocycles. The van der Waals surface area contributed by atoms with Gasteiger partial charge in [-0.05, 0) is 64.3 Å². The van der Waals surface area contributed by atoms with Gasteiger partial charge in [0.25, 0.3) is 0 Å². The fraction of sp³-hybridized carbons (Fsp3) is 0.591. The van der Waals surface area contributed by atoms with Crippen LogP contribution in [0.2, 0.25) is 0 Å². The molecule has 1 aliphatic carbocycles. The Balaban J connectivity index is 1.60. The van der Waals surface area contributed by atoms with E-state index < -0.39 is 0 Å². The van der Waals surface area contributed by atoms with Crippen LogP contribution in [0.15, 0.2) is 43.0 Å². The molecule has 0 heterocycles. The van der Waals surface area contributed by atoms with Crippen molar-refractivity contribution in [3.05, 3.63) is 43.0 Å². The van der Waals surface area contributed by atoms with Crippen molar-refractivity contribution in [1.82, 2.24) is 9.80 Å². The average molecular weight is 375 g/mol. The van der Waals surface area contributed by atoms with E-state index in [0.29, 0.717) is 11.9 Å². The van der Waals surface area contributed by atoms with E-state index in [9.17, 15) is 4.79 Å². The molecule has 0 atom stereocenters. The Kier molecular flexibility index (Phi) is 9.36. The second kappa shape index (κ2) is 11.8. The zero-order chi connectivity index (χ0) is 19.5. The van der Waals surface area contributed by atoms with Crippen LogP contribution in [0.4, 0.5) is 4.79 Å². The molecular weight excluding hydrogens is 340 g/mol. The van der Waals surface area contributed by atoms with E-state index in [0.717, 1.165) is 58.2 Å². The van der Waals surface area contributed by atoms with Crippen molar-refractivity contribution in [2.45, 2.75) is 50.7 Å². The molecule has 1 saturated carbocycles. The fourth-order valence-corrected chi connectivity index (χ4v) is 3.46. The van der Waals surface area contributed by atoms with Crippen molar-refractivity contribution in [3.63, 3.8) is 0 Å². The lowest BCUT2D eigenvalue weighted by Gasteiger charge is -2.34. The van der Waals surface area contributed by atoms with Crippen LogP contribution in [-0.4, -0.2) is 61.8 Å². The van der Waals surface area contributed by atoms with Gasteiger partial charge in [0.15, 0.2) is 0 Å². The maximum absolute atomic E-state index is 12.3. The second-order valence-corrected chi connectivity index (χ2v) is 7.35. The summed E-state index contributed by atoms with van der Waals surface area (Å²) in [6, 6.07) is 9.46. The number of nitrogens with zero attached hydrogens (tertiary/aromatic N) is 2. The SMILES string of the molecule is C=CCN(C)CCCCOC1CCC(N(C)C(=O)Oc2ccccc2)CC1. The van der Waals surface area contributed by atoms with Crippen molar-refractivity contribution < 1.29 is 14.3 Å². The Labute approximate surface area is 163 Å². The van der Waals surface area contributed by atoms with Crippen LogP contribution < -0.4 is 4.74 Å². The topological polar surface area (TPSA) is 42.0 Å². The van der Waals surface area contributed by atoms with E-state index in [1.54, 1.807) is 17.0 Å². The van der Waals surface area contributed by atoms with Crippen LogP contribution >= 0.6 is 0 Å². The minimum absolute atomic E-state index is 0.230. The number of benzene rings is 1. The smallest absolute Gasteiger partial charge is 0.410 e. The van der Waals surface area contributed by atoms with Crippen LogP contribution in [-0.2, 0) is 4.74 Å². The maximum atomic E-state index is 12.3. The molecule has 1 aliphatic rings. The maximum Gasteiger partial charge on any atom is 0.415 e. The summed E-state index contributed by atoms with van der Waals surface area (Å²) in [6.45, 7) is 6.60. The van der Waals surface area contributed by atoms with Crippen molar-refractivity contribution in [2.24, 2.45) is 0 Å². The molecule has 0 bridgehead atoms. The number of hydrogen-bond donors (Lipinski definition) is 0. The Hall–Kier alpha value is -1.85. The van der Waals surface area contributed by atoms with E-state index in [1.807, 2.05) is 31.3 Å². The second-order valence-electron chi connectivity index (χ2n) is 7.35. The Morgan fingerprint density at radius 3 is 2.52 bits per heavy atom. The van der Waals surface area contributed by atoms with Gasteiger partial charge in [0.05, 0.1) is 6.10 Å². The van der Waals surface area contributed by atoms with E-state index >= 15 is 0 Å². The van der Waals surface area contributed by atoms with Gasteiger partial charge in [-0.3, -0.25) is 0 Å². The summed E-state index contributed by atoms with van der Waals surface area (Å²) in [6.07, 6.45) is 8.15. The molecule has 0 unspecified atom stereocenters. The number of hydrogen-bond acceptors (Lipinski definition) is 4. The summed E-state index contributed by atoms with van der Waals surface area (Å²) in [4.78, 5) is 16.3. The van der Waals surface area contributed by atoms with Gasteiger partial charge in [0, 0.05) is 26.2 Å². The normalized spacial score (nSPS) is 19.7. The fourth-order valence-electron chi connectivity index (χ4n) is 3.46. The molecule has 2 rings (SSSR count). The highest BCUT2D eigenvalue weighted by atomic mass is 16.6. The van der Waals surface area contributed by atoms with Gasteiger partial charge in [0.2, 0.25) is 0 Å². The highest BCUT2D eigenvalue weighted by Gasteiger charge is 2.27. The predicted octanol–water partition coefficient (Wildman–Crippen LogP) is 4.34. The molecule has 0 radical (unpaired) electrons. The van der Waals surface area contributed by atoms with Gasteiger partial charge in [-0.25, -0.2) is 4.79 Å². The van der Waals surface area contributed by atoms with Crippen molar-refractivity contribution in [3.8, 4) is 5.75 Å². The third-order valence-electron chi connectivity index (χ3n) is 5.16. The van der Waals surface area contributed by atoms with Crippen LogP contribution in [0.25, 0.3) is 0 Å². The van der Waals surface area contributed by atoms with E-state index in [2.05, 4.69) is 18.5 Å². The van der Waals surface area contributed by atoms with Crippen LogP contribution in [0.5, 0.6) is 5.75 Å². The van der Waals surface area contributed by atoms with E-state index in [-0.39, 0.29) is 12.1 Å². The molecule has 0 N–H and O–H groups in total. The summed E-state index contributed by atoms with van der Waals surface area (Å²) in [5, 5.41) is 0. The van der Waals surface area contributed by atoms with Gasteiger partial charge in [-0.2, -0.15) is 0 Å². The quantitative estimate of drug-likeness (QED) is 0.451. The number of para-hydroxylation sites is 1. The number of ether oxygens (including phenoxy) is 2. The first-order valence-corrected chi connectivity index (χ1v) is 10.0. The van der Waals surface area contributed by atoms with Crippen LogP contribution in [0.1, 0.15) is 38.5 Å². The molecule has 1 amide bonds. The first kappa shape index (κ1) is 21.5. The minimum atomic E-state index is -0.283. The lowest BCUT2D eigenvalue weighted by atomic mass is 9.92. The van der Waals surface area contributed by atoms with Crippen LogP contribution in [0.3, 0.4) is 0 Å². The molecule has 0 saturated heterocycles. The first-order chi connectivity index (χ1) is 13.1. The predicted molar refractivity (Wildman–Crippen MR) is 109 cm³/mol. The van der Waals surface area contributed by atoms with Gasteiger partial charge in [0.1, 0.15) is 5.75 Å². The molecule has 150 valence electrons. The zero-order valence-corrected chi connectivity index (χ0v) is 16.8. The molecule has 1 fully saturated rings. The summed E-state index contributed by atoms with van der Waals surface area (Å²) in [7, 11) is 3.94. The third kappa shape index (κ3) is 7.73. The van der Waals surface area contributed by atoms with E-state index in [1.165, 1.54) is 0 Å². The van der Waals surface area contributed by atoms with Gasteiger partial charge in [-0.1, -0.05) is 24.3 Å². The zero-order valence-electron chi connectivity index (χ0n) is 16.8. The van der Waals surface area contributed by atoms with Crippen molar-refractivity contribution >= 4 is 6.09 Å². The third-order valence-corrected chi connectivity index (χ3v) is 5.16. The number of unbranched alkanes of at least 4 members (excludes halogenated alkanes) is 1. The van der Waals surface area contributed by atoms with Gasteiger partial charge < -0.3 is 19.3 Å². The summed E-state index contributed by atoms with van der Waals surface area (Å²) >= 11 is 0. The lowest BCUT2D eigenvalue weighted by molar-refractivity contribution is 0.0101. The molecule has 5 nitrogen and oxygen atoms in total. The summed E-state index contributed by atoms with van der Waals surface area (Å²) < 4.78 is 11.5. The Morgan fingerprint density at radius 1 is 1.15 bits per heavy atom. The minimum Gasteiger partial charge on any atom is -0.410 e. The molecule has 0 aliphatic heterocycles. The number of rotatable bonds is 10. The highest BCUT2D eigenvalue weighted by molar-refractivity contribution is 5.70. The molecule has 27 heavy (non-hydrogen) atoms. The molecule has 0 aromatic heterocycles.